The third-order valence-corrected chi connectivity index (χ3v) is 3.64. The minimum Gasteiger partial charge on any atom is -0.348 e. The second-order valence-electron chi connectivity index (χ2n) is 5.51. The largest absolute Gasteiger partial charge is 0.348 e. The Morgan fingerprint density at radius 2 is 1.90 bits per heavy atom. The Morgan fingerprint density at radius 3 is 2.35 bits per heavy atom. The Balaban J connectivity index is 3.05. The molecule has 4 heteroatoms. The normalized spacial score (nSPS) is 14.2. The SMILES string of the molecule is CCN(CC(=O)N(C)C)C(c1ccccc1C)C(C)N. The first-order valence-electron chi connectivity index (χ1n) is 7.13. The molecule has 1 rings (SSSR count). The van der Waals surface area contributed by atoms with Crippen molar-refractivity contribution in [3.63, 3.8) is 0 Å². The maximum Gasteiger partial charge on any atom is 0.236 e. The van der Waals surface area contributed by atoms with Gasteiger partial charge in [0.2, 0.25) is 5.91 Å². The van der Waals surface area contributed by atoms with Crippen molar-refractivity contribution in [2.45, 2.75) is 32.9 Å². The molecule has 2 unspecified atom stereocenters. The minimum atomic E-state index is -0.0361. The van der Waals surface area contributed by atoms with Gasteiger partial charge in [-0.05, 0) is 31.5 Å². The Hall–Kier alpha value is -1.39. The maximum atomic E-state index is 12.0. The van der Waals surface area contributed by atoms with E-state index in [1.165, 1.54) is 11.1 Å². The Labute approximate surface area is 122 Å². The first kappa shape index (κ1) is 16.7. The highest BCUT2D eigenvalue weighted by Gasteiger charge is 2.26. The summed E-state index contributed by atoms with van der Waals surface area (Å²) in [5.41, 5.74) is 8.62. The van der Waals surface area contributed by atoms with Crippen molar-refractivity contribution in [3.8, 4) is 0 Å². The van der Waals surface area contributed by atoms with Crippen LogP contribution in [0.5, 0.6) is 0 Å². The molecular formula is C16H27N3O. The molecule has 0 aliphatic carbocycles. The van der Waals surface area contributed by atoms with Crippen LogP contribution in [0, 0.1) is 6.92 Å². The lowest BCUT2D eigenvalue weighted by Gasteiger charge is -2.34. The summed E-state index contributed by atoms with van der Waals surface area (Å²) >= 11 is 0. The van der Waals surface area contributed by atoms with Crippen LogP contribution in [-0.4, -0.2) is 48.9 Å². The quantitative estimate of drug-likeness (QED) is 0.862. The molecule has 0 spiro atoms. The third-order valence-electron chi connectivity index (χ3n) is 3.64. The number of hydrogen-bond donors (Lipinski definition) is 1. The number of hydrogen-bond acceptors (Lipinski definition) is 3. The van der Waals surface area contributed by atoms with Gasteiger partial charge in [-0.3, -0.25) is 9.69 Å². The van der Waals surface area contributed by atoms with E-state index in [-0.39, 0.29) is 18.0 Å². The zero-order valence-electron chi connectivity index (χ0n) is 13.3. The fourth-order valence-corrected chi connectivity index (χ4v) is 2.45. The standard InChI is InChI=1S/C16H27N3O/c1-6-19(11-15(20)18(4)5)16(13(3)17)14-10-8-7-9-12(14)2/h7-10,13,16H,6,11,17H2,1-5H3. The maximum absolute atomic E-state index is 12.0. The second kappa shape index (κ2) is 7.41. The second-order valence-corrected chi connectivity index (χ2v) is 5.51. The number of carbonyl (C=O) groups is 1. The molecule has 1 aromatic rings. The summed E-state index contributed by atoms with van der Waals surface area (Å²) in [6, 6.07) is 8.27. The molecule has 1 amide bonds. The lowest BCUT2D eigenvalue weighted by molar-refractivity contribution is -0.130. The number of benzene rings is 1. The molecule has 1 aromatic carbocycles. The van der Waals surface area contributed by atoms with Crippen LogP contribution in [0.4, 0.5) is 0 Å². The summed E-state index contributed by atoms with van der Waals surface area (Å²) in [6.07, 6.45) is 0. The van der Waals surface area contributed by atoms with Gasteiger partial charge in [0.15, 0.2) is 0 Å². The van der Waals surface area contributed by atoms with E-state index < -0.39 is 0 Å². The monoisotopic (exact) mass is 277 g/mol. The lowest BCUT2D eigenvalue weighted by atomic mass is 9.95. The van der Waals surface area contributed by atoms with Crippen LogP contribution in [0.15, 0.2) is 24.3 Å². The summed E-state index contributed by atoms with van der Waals surface area (Å²) in [5.74, 6) is 0.103. The van der Waals surface area contributed by atoms with E-state index in [0.717, 1.165) is 6.54 Å². The van der Waals surface area contributed by atoms with E-state index >= 15 is 0 Å². The summed E-state index contributed by atoms with van der Waals surface area (Å²) < 4.78 is 0. The van der Waals surface area contributed by atoms with Crippen LogP contribution < -0.4 is 5.73 Å². The summed E-state index contributed by atoms with van der Waals surface area (Å²) in [5, 5.41) is 0. The topological polar surface area (TPSA) is 49.6 Å². The van der Waals surface area contributed by atoms with Crippen molar-refractivity contribution in [3.05, 3.63) is 35.4 Å². The molecule has 0 saturated carbocycles. The number of nitrogens with two attached hydrogens (primary N) is 1. The van der Waals surface area contributed by atoms with Crippen molar-refractivity contribution >= 4 is 5.91 Å². The fourth-order valence-electron chi connectivity index (χ4n) is 2.45. The van der Waals surface area contributed by atoms with Gasteiger partial charge in [-0.2, -0.15) is 0 Å². The average molecular weight is 277 g/mol. The van der Waals surface area contributed by atoms with Crippen LogP contribution in [0.3, 0.4) is 0 Å². The molecule has 0 aliphatic rings. The minimum absolute atomic E-state index is 0.0361. The number of nitrogens with zero attached hydrogens (tertiary/aromatic N) is 2. The molecule has 0 bridgehead atoms. The van der Waals surface area contributed by atoms with E-state index in [1.807, 2.05) is 19.1 Å². The number of rotatable bonds is 6. The van der Waals surface area contributed by atoms with E-state index in [2.05, 4.69) is 30.9 Å². The van der Waals surface area contributed by atoms with E-state index in [0.29, 0.717) is 6.54 Å². The highest BCUT2D eigenvalue weighted by atomic mass is 16.2. The van der Waals surface area contributed by atoms with Crippen molar-refractivity contribution in [1.29, 1.82) is 0 Å². The van der Waals surface area contributed by atoms with Crippen molar-refractivity contribution in [2.75, 3.05) is 27.2 Å². The Morgan fingerprint density at radius 1 is 1.30 bits per heavy atom. The first-order chi connectivity index (χ1) is 9.38. The van der Waals surface area contributed by atoms with Gasteiger partial charge in [0.1, 0.15) is 0 Å². The predicted molar refractivity (Wildman–Crippen MR) is 83.5 cm³/mol. The highest BCUT2D eigenvalue weighted by molar-refractivity contribution is 5.77. The molecule has 0 heterocycles. The Kier molecular flexibility index (Phi) is 6.17. The molecule has 0 fully saturated rings. The third kappa shape index (κ3) is 4.05. The molecule has 2 N–H and O–H groups in total. The van der Waals surface area contributed by atoms with Crippen LogP contribution in [0.25, 0.3) is 0 Å². The predicted octanol–water partition coefficient (Wildman–Crippen LogP) is 1.79. The van der Waals surface area contributed by atoms with Crippen molar-refractivity contribution in [1.82, 2.24) is 9.80 Å². The van der Waals surface area contributed by atoms with Gasteiger partial charge in [0.25, 0.3) is 0 Å². The van der Waals surface area contributed by atoms with Gasteiger partial charge < -0.3 is 10.6 Å². The van der Waals surface area contributed by atoms with Crippen molar-refractivity contribution in [2.24, 2.45) is 5.73 Å². The molecule has 112 valence electrons. The number of aryl methyl sites for hydroxylation is 1. The van der Waals surface area contributed by atoms with E-state index in [9.17, 15) is 4.79 Å². The van der Waals surface area contributed by atoms with Crippen LogP contribution in [0.1, 0.15) is 31.0 Å². The molecular weight excluding hydrogens is 250 g/mol. The Bertz CT molecular complexity index is 443. The van der Waals surface area contributed by atoms with Crippen LogP contribution >= 0.6 is 0 Å². The van der Waals surface area contributed by atoms with E-state index in [1.54, 1.807) is 19.0 Å². The van der Waals surface area contributed by atoms with Gasteiger partial charge in [-0.25, -0.2) is 0 Å². The smallest absolute Gasteiger partial charge is 0.236 e. The number of likely N-dealkylation sites (N-methyl/N-ethyl adjacent to an activating group) is 2. The van der Waals surface area contributed by atoms with Gasteiger partial charge in [-0.1, -0.05) is 31.2 Å². The summed E-state index contributed by atoms with van der Waals surface area (Å²) in [6.45, 7) is 7.34. The summed E-state index contributed by atoms with van der Waals surface area (Å²) in [4.78, 5) is 15.8. The van der Waals surface area contributed by atoms with Crippen LogP contribution in [0.2, 0.25) is 0 Å². The van der Waals surface area contributed by atoms with Crippen molar-refractivity contribution < 1.29 is 4.79 Å². The molecule has 0 saturated heterocycles. The average Bonchev–Trinajstić information content (AvgIpc) is 2.39. The summed E-state index contributed by atoms with van der Waals surface area (Å²) in [7, 11) is 3.57. The molecule has 0 aliphatic heterocycles. The fraction of sp³-hybridized carbons (Fsp3) is 0.562. The van der Waals surface area contributed by atoms with E-state index in [4.69, 9.17) is 5.73 Å². The zero-order valence-corrected chi connectivity index (χ0v) is 13.3. The number of amides is 1. The molecule has 2 atom stereocenters. The lowest BCUT2D eigenvalue weighted by Crippen LogP contribution is -2.44. The van der Waals surface area contributed by atoms with Gasteiger partial charge >= 0.3 is 0 Å². The van der Waals surface area contributed by atoms with Crippen LogP contribution in [-0.2, 0) is 4.79 Å². The highest BCUT2D eigenvalue weighted by Crippen LogP contribution is 2.26. The number of carbonyl (C=O) groups excluding carboxylic acids is 1. The molecule has 20 heavy (non-hydrogen) atoms. The molecule has 0 aromatic heterocycles. The zero-order chi connectivity index (χ0) is 15.3. The molecule has 4 nitrogen and oxygen atoms in total. The first-order valence-corrected chi connectivity index (χ1v) is 7.13. The molecule has 0 radical (unpaired) electrons. The van der Waals surface area contributed by atoms with Gasteiger partial charge in [-0.15, -0.1) is 0 Å². The van der Waals surface area contributed by atoms with Gasteiger partial charge in [0, 0.05) is 20.1 Å². The van der Waals surface area contributed by atoms with Gasteiger partial charge in [0.05, 0.1) is 12.6 Å².